The van der Waals surface area contributed by atoms with Crippen molar-refractivity contribution in [1.82, 2.24) is 10.2 Å². The Morgan fingerprint density at radius 1 is 1.17 bits per heavy atom. The lowest BCUT2D eigenvalue weighted by Gasteiger charge is -2.22. The van der Waals surface area contributed by atoms with Gasteiger partial charge in [-0.05, 0) is 42.7 Å². The monoisotopic (exact) mass is 417 g/mol. The number of carbonyl (C=O) groups is 3. The van der Waals surface area contributed by atoms with Crippen molar-refractivity contribution >= 4 is 23.5 Å². The van der Waals surface area contributed by atoms with Crippen LogP contribution in [0.2, 0.25) is 0 Å². The van der Waals surface area contributed by atoms with Gasteiger partial charge in [0, 0.05) is 5.69 Å². The van der Waals surface area contributed by atoms with Crippen molar-refractivity contribution < 1.29 is 27.9 Å². The SMILES string of the molecule is CCc1ccccc1NC(=O)CN1C(=O)N[C@](C)(c2ccc(OC(F)F)cc2)C1=O. The van der Waals surface area contributed by atoms with E-state index in [1.807, 2.05) is 19.1 Å². The molecule has 0 spiro atoms. The molecule has 0 radical (unpaired) electrons. The number of aryl methyl sites for hydroxylation is 1. The molecule has 2 aromatic carbocycles. The lowest BCUT2D eigenvalue weighted by atomic mass is 9.92. The van der Waals surface area contributed by atoms with Crippen molar-refractivity contribution in [2.75, 3.05) is 11.9 Å². The van der Waals surface area contributed by atoms with Gasteiger partial charge in [0.1, 0.15) is 17.8 Å². The number of para-hydroxylation sites is 1. The molecule has 1 saturated heterocycles. The van der Waals surface area contributed by atoms with E-state index in [1.165, 1.54) is 31.2 Å². The zero-order valence-electron chi connectivity index (χ0n) is 16.4. The third-order valence-corrected chi connectivity index (χ3v) is 4.91. The number of hydrogen-bond donors (Lipinski definition) is 2. The second-order valence-electron chi connectivity index (χ2n) is 6.91. The smallest absolute Gasteiger partial charge is 0.387 e. The van der Waals surface area contributed by atoms with Crippen LogP contribution in [0.3, 0.4) is 0 Å². The number of urea groups is 1. The molecule has 0 unspecified atom stereocenters. The highest BCUT2D eigenvalue weighted by atomic mass is 19.3. The van der Waals surface area contributed by atoms with Crippen LogP contribution in [0.4, 0.5) is 19.3 Å². The van der Waals surface area contributed by atoms with E-state index >= 15 is 0 Å². The molecule has 0 saturated carbocycles. The van der Waals surface area contributed by atoms with E-state index in [4.69, 9.17) is 0 Å². The Kier molecular flexibility index (Phi) is 6.00. The quantitative estimate of drug-likeness (QED) is 0.677. The Morgan fingerprint density at radius 2 is 1.83 bits per heavy atom. The van der Waals surface area contributed by atoms with Gasteiger partial charge in [0.05, 0.1) is 0 Å². The van der Waals surface area contributed by atoms with Crippen molar-refractivity contribution in [3.05, 3.63) is 59.7 Å². The summed E-state index contributed by atoms with van der Waals surface area (Å²) >= 11 is 0. The summed E-state index contributed by atoms with van der Waals surface area (Å²) in [6.45, 7) is 0.0164. The molecule has 0 aromatic heterocycles. The summed E-state index contributed by atoms with van der Waals surface area (Å²) in [6.07, 6.45) is 0.711. The number of ether oxygens (including phenoxy) is 1. The molecule has 1 heterocycles. The van der Waals surface area contributed by atoms with Crippen molar-refractivity contribution in [2.45, 2.75) is 32.4 Å². The summed E-state index contributed by atoms with van der Waals surface area (Å²) in [5, 5.41) is 5.29. The topological polar surface area (TPSA) is 87.7 Å². The molecule has 3 rings (SSSR count). The minimum absolute atomic E-state index is 0.0695. The number of anilines is 1. The molecule has 1 fully saturated rings. The lowest BCUT2D eigenvalue weighted by Crippen LogP contribution is -2.42. The predicted molar refractivity (Wildman–Crippen MR) is 105 cm³/mol. The van der Waals surface area contributed by atoms with E-state index in [2.05, 4.69) is 15.4 Å². The summed E-state index contributed by atoms with van der Waals surface area (Å²) in [6, 6.07) is 11.9. The van der Waals surface area contributed by atoms with Gasteiger partial charge in [-0.1, -0.05) is 37.3 Å². The fourth-order valence-corrected chi connectivity index (χ4v) is 3.29. The number of carbonyl (C=O) groups excluding carboxylic acids is 3. The van der Waals surface area contributed by atoms with Crippen molar-refractivity contribution in [2.24, 2.45) is 0 Å². The van der Waals surface area contributed by atoms with Crippen LogP contribution in [0.5, 0.6) is 5.75 Å². The van der Waals surface area contributed by atoms with E-state index in [0.717, 1.165) is 10.5 Å². The Morgan fingerprint density at radius 3 is 2.47 bits per heavy atom. The van der Waals surface area contributed by atoms with Gasteiger partial charge in [0.15, 0.2) is 0 Å². The van der Waals surface area contributed by atoms with Gasteiger partial charge in [0.25, 0.3) is 5.91 Å². The van der Waals surface area contributed by atoms with Gasteiger partial charge in [0.2, 0.25) is 5.91 Å². The maximum Gasteiger partial charge on any atom is 0.387 e. The van der Waals surface area contributed by atoms with E-state index < -0.39 is 36.5 Å². The normalized spacial score (nSPS) is 18.5. The van der Waals surface area contributed by atoms with Crippen LogP contribution < -0.4 is 15.4 Å². The molecule has 1 aliphatic rings. The number of imide groups is 1. The molecule has 30 heavy (non-hydrogen) atoms. The molecule has 0 bridgehead atoms. The van der Waals surface area contributed by atoms with Crippen LogP contribution in [-0.4, -0.2) is 35.9 Å². The van der Waals surface area contributed by atoms with Gasteiger partial charge >= 0.3 is 12.6 Å². The maximum atomic E-state index is 12.9. The molecular weight excluding hydrogens is 396 g/mol. The number of hydrogen-bond acceptors (Lipinski definition) is 4. The summed E-state index contributed by atoms with van der Waals surface area (Å²) in [5.41, 5.74) is 0.498. The van der Waals surface area contributed by atoms with Crippen LogP contribution in [0.25, 0.3) is 0 Å². The fraction of sp³-hybridized carbons (Fsp3) is 0.286. The number of alkyl halides is 2. The third-order valence-electron chi connectivity index (χ3n) is 4.91. The largest absolute Gasteiger partial charge is 0.435 e. The molecule has 2 N–H and O–H groups in total. The molecule has 4 amide bonds. The van der Waals surface area contributed by atoms with Crippen molar-refractivity contribution in [3.63, 3.8) is 0 Å². The highest BCUT2D eigenvalue weighted by Gasteiger charge is 2.49. The predicted octanol–water partition coefficient (Wildman–Crippen LogP) is 3.26. The zero-order chi connectivity index (χ0) is 21.9. The second kappa shape index (κ2) is 8.48. The first-order valence-electron chi connectivity index (χ1n) is 9.32. The standard InChI is InChI=1S/C21H21F2N3O4/c1-3-13-6-4-5-7-16(13)24-17(27)12-26-18(28)21(2,25-20(26)29)14-8-10-15(11-9-14)30-19(22)23/h4-11,19H,3,12H2,1-2H3,(H,24,27)(H,25,29)/t21-/m1/s1. The summed E-state index contributed by atoms with van der Waals surface area (Å²) in [4.78, 5) is 38.6. The Hall–Kier alpha value is -3.49. The van der Waals surface area contributed by atoms with Gasteiger partial charge in [-0.15, -0.1) is 0 Å². The molecule has 7 nitrogen and oxygen atoms in total. The minimum atomic E-state index is -2.97. The zero-order valence-corrected chi connectivity index (χ0v) is 16.4. The summed E-state index contributed by atoms with van der Waals surface area (Å²) < 4.78 is 28.9. The molecule has 9 heteroatoms. The van der Waals surface area contributed by atoms with Gasteiger partial charge in [-0.3, -0.25) is 14.5 Å². The Labute approximate surface area is 172 Å². The van der Waals surface area contributed by atoms with Gasteiger partial charge in [-0.2, -0.15) is 8.78 Å². The number of nitrogens with one attached hydrogen (secondary N) is 2. The van der Waals surface area contributed by atoms with E-state index in [9.17, 15) is 23.2 Å². The first kappa shape index (κ1) is 21.2. The van der Waals surface area contributed by atoms with Crippen LogP contribution in [0.15, 0.2) is 48.5 Å². The van der Waals surface area contributed by atoms with Crippen molar-refractivity contribution in [3.8, 4) is 5.75 Å². The minimum Gasteiger partial charge on any atom is -0.435 e. The van der Waals surface area contributed by atoms with Crippen molar-refractivity contribution in [1.29, 1.82) is 0 Å². The van der Waals surface area contributed by atoms with Crippen LogP contribution in [0, 0.1) is 0 Å². The van der Waals surface area contributed by atoms with E-state index in [1.54, 1.807) is 12.1 Å². The molecular formula is C21H21F2N3O4. The average molecular weight is 417 g/mol. The van der Waals surface area contributed by atoms with Crippen LogP contribution >= 0.6 is 0 Å². The molecule has 0 aliphatic carbocycles. The number of amides is 4. The van der Waals surface area contributed by atoms with Gasteiger partial charge in [-0.25, -0.2) is 4.79 Å². The second-order valence-corrected chi connectivity index (χ2v) is 6.91. The summed E-state index contributed by atoms with van der Waals surface area (Å²) in [7, 11) is 0. The van der Waals surface area contributed by atoms with Crippen LogP contribution in [0.1, 0.15) is 25.0 Å². The van der Waals surface area contributed by atoms with E-state index in [-0.39, 0.29) is 5.75 Å². The fourth-order valence-electron chi connectivity index (χ4n) is 3.29. The first-order valence-corrected chi connectivity index (χ1v) is 9.32. The number of halogens is 2. The van der Waals surface area contributed by atoms with E-state index in [0.29, 0.717) is 17.7 Å². The number of nitrogens with zero attached hydrogens (tertiary/aromatic N) is 1. The lowest BCUT2D eigenvalue weighted by molar-refractivity contribution is -0.133. The Bertz CT molecular complexity index is 965. The average Bonchev–Trinajstić information content (AvgIpc) is 2.92. The molecule has 2 aromatic rings. The Balaban J connectivity index is 1.73. The highest BCUT2D eigenvalue weighted by Crippen LogP contribution is 2.30. The van der Waals surface area contributed by atoms with Gasteiger partial charge < -0.3 is 15.4 Å². The molecule has 1 aliphatic heterocycles. The highest BCUT2D eigenvalue weighted by molar-refractivity contribution is 6.10. The number of rotatable bonds is 7. The first-order chi connectivity index (χ1) is 14.2. The summed E-state index contributed by atoms with van der Waals surface area (Å²) in [5.74, 6) is -1.20. The molecule has 158 valence electrons. The number of benzene rings is 2. The maximum absolute atomic E-state index is 12.9. The van der Waals surface area contributed by atoms with Crippen LogP contribution in [-0.2, 0) is 21.5 Å². The third kappa shape index (κ3) is 4.24. The molecule has 1 atom stereocenters.